The molecule has 1 heterocycles. The molecule has 0 fully saturated rings. The van der Waals surface area contributed by atoms with Crippen molar-refractivity contribution < 1.29 is 18.4 Å². The molecule has 3 aromatic carbocycles. The van der Waals surface area contributed by atoms with Gasteiger partial charge >= 0.3 is 0 Å². The minimum Gasteiger partial charge on any atom is -0.325 e. The molecule has 166 valence electrons. The fourth-order valence-corrected chi connectivity index (χ4v) is 3.57. The molecule has 0 saturated heterocycles. The molecule has 0 radical (unpaired) electrons. The van der Waals surface area contributed by atoms with Gasteiger partial charge in [-0.3, -0.25) is 9.59 Å². The fraction of sp³-hybridized carbons (Fsp3) is 0.0455. The number of hydrogen-bond acceptors (Lipinski definition) is 6. The van der Waals surface area contributed by atoms with Crippen LogP contribution in [0.3, 0.4) is 0 Å². The average molecular weight is 466 g/mol. The zero-order valence-corrected chi connectivity index (χ0v) is 17.7. The summed E-state index contributed by atoms with van der Waals surface area (Å²) in [6, 6.07) is 17.6. The molecule has 8 nitrogen and oxygen atoms in total. The quantitative estimate of drug-likeness (QED) is 0.400. The van der Waals surface area contributed by atoms with E-state index in [1.165, 1.54) is 47.1 Å². The van der Waals surface area contributed by atoms with Crippen LogP contribution in [0.25, 0.3) is 5.69 Å². The van der Waals surface area contributed by atoms with Crippen molar-refractivity contribution in [2.75, 3.05) is 16.4 Å². The lowest BCUT2D eigenvalue weighted by atomic mass is 10.1. The highest BCUT2D eigenvalue weighted by Gasteiger charge is 2.16. The minimum absolute atomic E-state index is 0.0520. The van der Waals surface area contributed by atoms with E-state index < -0.39 is 23.4 Å². The van der Waals surface area contributed by atoms with Crippen LogP contribution >= 0.6 is 11.8 Å². The van der Waals surface area contributed by atoms with E-state index in [4.69, 9.17) is 0 Å². The number of carbonyl (C=O) groups excluding carboxylic acids is 2. The van der Waals surface area contributed by atoms with E-state index in [-0.39, 0.29) is 11.3 Å². The van der Waals surface area contributed by atoms with Gasteiger partial charge in [-0.15, -0.1) is 5.10 Å². The molecule has 0 bridgehead atoms. The summed E-state index contributed by atoms with van der Waals surface area (Å²) in [6.45, 7) is 0. The van der Waals surface area contributed by atoms with E-state index in [1.807, 2.05) is 0 Å². The molecule has 0 saturated carbocycles. The average Bonchev–Trinajstić information content (AvgIpc) is 3.28. The van der Waals surface area contributed by atoms with Crippen molar-refractivity contribution in [2.24, 2.45) is 0 Å². The van der Waals surface area contributed by atoms with Crippen LogP contribution in [0.2, 0.25) is 0 Å². The van der Waals surface area contributed by atoms with Gasteiger partial charge < -0.3 is 10.6 Å². The molecule has 0 aliphatic rings. The van der Waals surface area contributed by atoms with Crippen LogP contribution in [-0.4, -0.2) is 37.8 Å². The molecule has 4 rings (SSSR count). The molecule has 11 heteroatoms. The van der Waals surface area contributed by atoms with Crippen molar-refractivity contribution in [3.05, 3.63) is 90.0 Å². The van der Waals surface area contributed by atoms with Gasteiger partial charge in [0.25, 0.3) is 5.91 Å². The summed E-state index contributed by atoms with van der Waals surface area (Å²) >= 11 is 1.06. The molecule has 0 atom stereocenters. The number of nitrogens with zero attached hydrogens (tertiary/aromatic N) is 4. The molecule has 0 aliphatic carbocycles. The topological polar surface area (TPSA) is 102 Å². The number of aromatic nitrogens is 4. The SMILES string of the molecule is O=C(CSc1nnnn1-c1cccc(F)c1)Nc1ccccc1C(=O)Nc1ccc(F)cc1. The van der Waals surface area contributed by atoms with Crippen LogP contribution < -0.4 is 10.6 Å². The van der Waals surface area contributed by atoms with Crippen molar-refractivity contribution in [1.29, 1.82) is 0 Å². The maximum Gasteiger partial charge on any atom is 0.257 e. The third-order valence-corrected chi connectivity index (χ3v) is 5.29. The third-order valence-electron chi connectivity index (χ3n) is 4.37. The van der Waals surface area contributed by atoms with E-state index in [0.717, 1.165) is 11.8 Å². The zero-order chi connectivity index (χ0) is 23.2. The summed E-state index contributed by atoms with van der Waals surface area (Å²) < 4.78 is 27.9. The maximum atomic E-state index is 13.5. The Hall–Kier alpha value is -4.12. The molecular weight excluding hydrogens is 450 g/mol. The second-order valence-corrected chi connectivity index (χ2v) is 7.64. The molecule has 1 aromatic heterocycles. The van der Waals surface area contributed by atoms with Gasteiger partial charge in [-0.25, -0.2) is 8.78 Å². The van der Waals surface area contributed by atoms with Crippen LogP contribution in [0.15, 0.2) is 78.0 Å². The minimum atomic E-state index is -0.458. The number of thioether (sulfide) groups is 1. The van der Waals surface area contributed by atoms with Crippen LogP contribution in [-0.2, 0) is 4.79 Å². The summed E-state index contributed by atoms with van der Waals surface area (Å²) in [7, 11) is 0. The van der Waals surface area contributed by atoms with Crippen LogP contribution in [0.5, 0.6) is 0 Å². The van der Waals surface area contributed by atoms with Crippen molar-refractivity contribution in [1.82, 2.24) is 20.2 Å². The summed E-state index contributed by atoms with van der Waals surface area (Å²) in [5.74, 6) is -1.76. The lowest BCUT2D eigenvalue weighted by molar-refractivity contribution is -0.113. The van der Waals surface area contributed by atoms with E-state index in [9.17, 15) is 18.4 Å². The van der Waals surface area contributed by atoms with Crippen molar-refractivity contribution in [3.8, 4) is 5.69 Å². The Labute approximate surface area is 191 Å². The third kappa shape index (κ3) is 5.57. The van der Waals surface area contributed by atoms with Gasteiger partial charge in [-0.05, 0) is 65.0 Å². The van der Waals surface area contributed by atoms with Crippen LogP contribution in [0.1, 0.15) is 10.4 Å². The zero-order valence-electron chi connectivity index (χ0n) is 16.9. The smallest absolute Gasteiger partial charge is 0.257 e. The lowest BCUT2D eigenvalue weighted by Crippen LogP contribution is -2.19. The second kappa shape index (κ2) is 10.0. The molecule has 2 N–H and O–H groups in total. The Kier molecular flexibility index (Phi) is 6.69. The first-order valence-electron chi connectivity index (χ1n) is 9.62. The van der Waals surface area contributed by atoms with Gasteiger partial charge in [-0.2, -0.15) is 4.68 Å². The first kappa shape index (κ1) is 22.1. The number of halogens is 2. The predicted molar refractivity (Wildman–Crippen MR) is 119 cm³/mol. The lowest BCUT2D eigenvalue weighted by Gasteiger charge is -2.11. The first-order chi connectivity index (χ1) is 16.0. The number of amides is 2. The van der Waals surface area contributed by atoms with Gasteiger partial charge in [-0.1, -0.05) is 30.0 Å². The number of anilines is 2. The molecule has 4 aromatic rings. The molecular formula is C22H16F2N6O2S. The number of carbonyl (C=O) groups is 2. The molecule has 33 heavy (non-hydrogen) atoms. The maximum absolute atomic E-state index is 13.5. The van der Waals surface area contributed by atoms with Gasteiger partial charge in [0, 0.05) is 5.69 Å². The number of tetrazole rings is 1. The first-order valence-corrected chi connectivity index (χ1v) is 10.6. The molecule has 0 unspecified atom stereocenters. The Balaban J connectivity index is 1.41. The van der Waals surface area contributed by atoms with Crippen molar-refractivity contribution in [3.63, 3.8) is 0 Å². The van der Waals surface area contributed by atoms with E-state index in [1.54, 1.807) is 30.3 Å². The molecule has 2 amide bonds. The number of benzene rings is 3. The van der Waals surface area contributed by atoms with Gasteiger partial charge in [0.05, 0.1) is 22.7 Å². The Morgan fingerprint density at radius 2 is 1.70 bits per heavy atom. The van der Waals surface area contributed by atoms with E-state index >= 15 is 0 Å². The van der Waals surface area contributed by atoms with Gasteiger partial charge in [0.15, 0.2) is 0 Å². The number of hydrogen-bond donors (Lipinski definition) is 2. The van der Waals surface area contributed by atoms with Crippen molar-refractivity contribution >= 4 is 35.0 Å². The summed E-state index contributed by atoms with van der Waals surface area (Å²) in [5, 5.41) is 17.0. The van der Waals surface area contributed by atoms with E-state index in [2.05, 4.69) is 26.2 Å². The summed E-state index contributed by atoms with van der Waals surface area (Å²) in [6.07, 6.45) is 0. The molecule has 0 spiro atoms. The predicted octanol–water partition coefficient (Wildman–Crippen LogP) is 3.92. The highest BCUT2D eigenvalue weighted by atomic mass is 32.2. The Morgan fingerprint density at radius 3 is 2.48 bits per heavy atom. The van der Waals surface area contributed by atoms with E-state index in [0.29, 0.717) is 22.2 Å². The monoisotopic (exact) mass is 466 g/mol. The highest BCUT2D eigenvalue weighted by molar-refractivity contribution is 7.99. The Morgan fingerprint density at radius 1 is 0.909 bits per heavy atom. The number of para-hydroxylation sites is 1. The van der Waals surface area contributed by atoms with Gasteiger partial charge in [0.2, 0.25) is 11.1 Å². The largest absolute Gasteiger partial charge is 0.325 e. The second-order valence-electron chi connectivity index (χ2n) is 6.70. The fourth-order valence-electron chi connectivity index (χ4n) is 2.88. The molecule has 0 aliphatic heterocycles. The van der Waals surface area contributed by atoms with Crippen molar-refractivity contribution in [2.45, 2.75) is 5.16 Å². The Bertz CT molecular complexity index is 1300. The number of nitrogens with one attached hydrogen (secondary N) is 2. The summed E-state index contributed by atoms with van der Waals surface area (Å²) in [4.78, 5) is 25.2. The normalized spacial score (nSPS) is 10.6. The summed E-state index contributed by atoms with van der Waals surface area (Å²) in [5.41, 5.74) is 1.39. The number of rotatable bonds is 7. The highest BCUT2D eigenvalue weighted by Crippen LogP contribution is 2.21. The van der Waals surface area contributed by atoms with Gasteiger partial charge in [0.1, 0.15) is 11.6 Å². The standard InChI is InChI=1S/C22H16F2N6O2S/c23-14-8-10-16(11-9-14)25-21(32)18-6-1-2-7-19(18)26-20(31)13-33-22-27-28-29-30(22)17-5-3-4-15(24)12-17/h1-12H,13H2,(H,25,32)(H,26,31). The van der Waals surface area contributed by atoms with Crippen LogP contribution in [0, 0.1) is 11.6 Å². The van der Waals surface area contributed by atoms with Crippen LogP contribution in [0.4, 0.5) is 20.2 Å².